The van der Waals surface area contributed by atoms with Gasteiger partial charge in [0, 0.05) is 36.6 Å². The Bertz CT molecular complexity index is 835. The van der Waals surface area contributed by atoms with E-state index in [1.165, 1.54) is 38.9 Å². The summed E-state index contributed by atoms with van der Waals surface area (Å²) in [6, 6.07) is -3.54. The highest BCUT2D eigenvalue weighted by Crippen LogP contribution is 2.04. The van der Waals surface area contributed by atoms with Gasteiger partial charge >= 0.3 is 0 Å². The molecule has 12 heteroatoms. The van der Waals surface area contributed by atoms with Gasteiger partial charge in [-0.05, 0) is 13.8 Å². The second kappa shape index (κ2) is 10.9. The molecule has 0 saturated heterocycles. The molecular weight excluding hydrogens is 392 g/mol. The van der Waals surface area contributed by atoms with Crippen molar-refractivity contribution in [1.29, 1.82) is 0 Å². The van der Waals surface area contributed by atoms with Crippen LogP contribution in [0.15, 0.2) is 25.0 Å². The fourth-order valence-electron chi connectivity index (χ4n) is 2.59. The van der Waals surface area contributed by atoms with E-state index in [-0.39, 0.29) is 12.8 Å². The Balaban J connectivity index is 2.17. The highest BCUT2D eigenvalue weighted by atomic mass is 16.2. The Labute approximate surface area is 172 Å². The number of carbonyl (C=O) groups is 4. The number of nitrogens with one attached hydrogen (secondary N) is 5. The SMILES string of the molecule is C[C@H](N)C(=O)N[C@@H](Cc1cnc[nH]1)C(=O)N[C@@H](Cc1cnc[nH]1)C(=O)N[C@@H](C)C=O. The molecule has 3 amide bonds. The van der Waals surface area contributed by atoms with Crippen LogP contribution in [0.1, 0.15) is 25.2 Å². The van der Waals surface area contributed by atoms with Gasteiger partial charge in [0.05, 0.1) is 24.7 Å². The summed E-state index contributed by atoms with van der Waals surface area (Å²) in [6.45, 7) is 3.01. The first-order valence-electron chi connectivity index (χ1n) is 9.36. The number of aromatic amines is 2. The molecule has 0 aromatic carbocycles. The van der Waals surface area contributed by atoms with Crippen molar-refractivity contribution in [3.63, 3.8) is 0 Å². The van der Waals surface area contributed by atoms with E-state index < -0.39 is 41.9 Å². The fraction of sp³-hybridized carbons (Fsp3) is 0.444. The number of nitrogens with zero attached hydrogens (tertiary/aromatic N) is 2. The molecule has 30 heavy (non-hydrogen) atoms. The molecule has 7 N–H and O–H groups in total. The van der Waals surface area contributed by atoms with Crippen LogP contribution in [0.5, 0.6) is 0 Å². The Morgan fingerprint density at radius 3 is 1.80 bits per heavy atom. The van der Waals surface area contributed by atoms with E-state index in [4.69, 9.17) is 5.73 Å². The lowest BCUT2D eigenvalue weighted by molar-refractivity contribution is -0.132. The predicted octanol–water partition coefficient (Wildman–Crippen LogP) is -2.06. The quantitative estimate of drug-likeness (QED) is 0.226. The first kappa shape index (κ1) is 22.7. The lowest BCUT2D eigenvalue weighted by Gasteiger charge is -2.23. The van der Waals surface area contributed by atoms with Gasteiger partial charge in [-0.15, -0.1) is 0 Å². The van der Waals surface area contributed by atoms with Gasteiger partial charge in [-0.25, -0.2) is 9.97 Å². The van der Waals surface area contributed by atoms with Crippen LogP contribution in [0, 0.1) is 0 Å². The average molecular weight is 418 g/mol. The third-order valence-electron chi connectivity index (χ3n) is 4.21. The van der Waals surface area contributed by atoms with Gasteiger partial charge in [-0.1, -0.05) is 0 Å². The van der Waals surface area contributed by atoms with E-state index in [1.807, 2.05) is 0 Å². The van der Waals surface area contributed by atoms with Crippen LogP contribution < -0.4 is 21.7 Å². The van der Waals surface area contributed by atoms with Crippen LogP contribution in [0.25, 0.3) is 0 Å². The normalized spacial score (nSPS) is 14.8. The van der Waals surface area contributed by atoms with E-state index in [0.29, 0.717) is 17.7 Å². The van der Waals surface area contributed by atoms with Crippen LogP contribution in [0.4, 0.5) is 0 Å². The van der Waals surface area contributed by atoms with Crippen LogP contribution >= 0.6 is 0 Å². The maximum Gasteiger partial charge on any atom is 0.243 e. The van der Waals surface area contributed by atoms with E-state index in [0.717, 1.165) is 0 Å². The number of aromatic nitrogens is 4. The maximum atomic E-state index is 12.9. The topological polar surface area (TPSA) is 188 Å². The van der Waals surface area contributed by atoms with Crippen LogP contribution in [0.2, 0.25) is 0 Å². The fourth-order valence-corrected chi connectivity index (χ4v) is 2.59. The highest BCUT2D eigenvalue weighted by molar-refractivity contribution is 5.93. The molecule has 0 aliphatic rings. The summed E-state index contributed by atoms with van der Waals surface area (Å²) in [5.74, 6) is -1.65. The minimum absolute atomic E-state index is 0.112. The zero-order valence-corrected chi connectivity index (χ0v) is 16.7. The van der Waals surface area contributed by atoms with Gasteiger partial charge in [0.2, 0.25) is 17.7 Å². The maximum absolute atomic E-state index is 12.9. The Hall–Kier alpha value is -3.54. The summed E-state index contributed by atoms with van der Waals surface area (Å²) < 4.78 is 0. The predicted molar refractivity (Wildman–Crippen MR) is 106 cm³/mol. The monoisotopic (exact) mass is 418 g/mol. The molecule has 0 bridgehead atoms. The second-order valence-corrected chi connectivity index (χ2v) is 6.91. The summed E-state index contributed by atoms with van der Waals surface area (Å²) in [6.07, 6.45) is 6.76. The summed E-state index contributed by atoms with van der Waals surface area (Å²) >= 11 is 0. The van der Waals surface area contributed by atoms with E-state index in [2.05, 4.69) is 35.9 Å². The lowest BCUT2D eigenvalue weighted by atomic mass is 10.1. The van der Waals surface area contributed by atoms with E-state index >= 15 is 0 Å². The third-order valence-corrected chi connectivity index (χ3v) is 4.21. The molecule has 2 heterocycles. The molecule has 0 radical (unpaired) electrons. The molecule has 0 fully saturated rings. The first-order chi connectivity index (χ1) is 14.3. The molecule has 0 unspecified atom stereocenters. The number of carbonyl (C=O) groups excluding carboxylic acids is 4. The molecule has 12 nitrogen and oxygen atoms in total. The van der Waals surface area contributed by atoms with Crippen molar-refractivity contribution in [2.24, 2.45) is 5.73 Å². The van der Waals surface area contributed by atoms with Crippen molar-refractivity contribution >= 4 is 24.0 Å². The summed E-state index contributed by atoms with van der Waals surface area (Å²) in [5, 5.41) is 7.73. The third kappa shape index (κ3) is 6.81. The zero-order chi connectivity index (χ0) is 22.1. The number of H-pyrrole nitrogens is 2. The number of rotatable bonds is 11. The molecule has 4 atom stereocenters. The van der Waals surface area contributed by atoms with Crippen molar-refractivity contribution in [3.8, 4) is 0 Å². The summed E-state index contributed by atoms with van der Waals surface area (Å²) in [5.41, 5.74) is 6.82. The molecule has 2 aromatic heterocycles. The number of hydrogen-bond acceptors (Lipinski definition) is 7. The van der Waals surface area contributed by atoms with Gasteiger partial charge in [0.25, 0.3) is 0 Å². The van der Waals surface area contributed by atoms with Crippen molar-refractivity contribution in [2.45, 2.75) is 50.9 Å². The van der Waals surface area contributed by atoms with E-state index in [9.17, 15) is 19.2 Å². The van der Waals surface area contributed by atoms with Gasteiger partial charge < -0.3 is 36.4 Å². The van der Waals surface area contributed by atoms with Crippen molar-refractivity contribution < 1.29 is 19.2 Å². The summed E-state index contributed by atoms with van der Waals surface area (Å²) in [7, 11) is 0. The molecule has 0 aliphatic carbocycles. The van der Waals surface area contributed by atoms with Crippen LogP contribution in [-0.4, -0.2) is 68.1 Å². The highest BCUT2D eigenvalue weighted by Gasteiger charge is 2.29. The molecule has 2 aromatic rings. The van der Waals surface area contributed by atoms with Crippen molar-refractivity contribution in [3.05, 3.63) is 36.4 Å². The number of imidazole rings is 2. The van der Waals surface area contributed by atoms with Crippen molar-refractivity contribution in [1.82, 2.24) is 35.9 Å². The van der Waals surface area contributed by atoms with Gasteiger partial charge in [-0.2, -0.15) is 0 Å². The van der Waals surface area contributed by atoms with Gasteiger partial charge in [0.1, 0.15) is 18.4 Å². The molecule has 162 valence electrons. The standard InChI is InChI=1S/C18H26N8O4/c1-10(7-27)24-17(29)14(3-12-5-20-8-22-12)26-18(30)15(25-16(28)11(2)19)4-13-6-21-9-23-13/h5-11,14-15H,3-4,19H2,1-2H3,(H,20,22)(H,21,23)(H,24,29)(H,25,28)(H,26,30)/t10-,11-,14-,15-/m0/s1. The largest absolute Gasteiger partial charge is 0.348 e. The van der Waals surface area contributed by atoms with E-state index in [1.54, 1.807) is 0 Å². The lowest BCUT2D eigenvalue weighted by Crippen LogP contribution is -2.57. The second-order valence-electron chi connectivity index (χ2n) is 6.91. The number of hydrogen-bond donors (Lipinski definition) is 6. The van der Waals surface area contributed by atoms with Crippen LogP contribution in [0.3, 0.4) is 0 Å². The minimum atomic E-state index is -1.00. The molecule has 2 rings (SSSR count). The summed E-state index contributed by atoms with van der Waals surface area (Å²) in [4.78, 5) is 62.0. The Morgan fingerprint density at radius 2 is 1.40 bits per heavy atom. The Kier molecular flexibility index (Phi) is 8.23. The van der Waals surface area contributed by atoms with Crippen molar-refractivity contribution in [2.75, 3.05) is 0 Å². The molecule has 0 spiro atoms. The smallest absolute Gasteiger partial charge is 0.243 e. The van der Waals surface area contributed by atoms with Gasteiger partial charge in [-0.3, -0.25) is 14.4 Å². The van der Waals surface area contributed by atoms with Gasteiger partial charge in [0.15, 0.2) is 0 Å². The number of amides is 3. The average Bonchev–Trinajstić information content (AvgIpc) is 3.40. The molecular formula is C18H26N8O4. The minimum Gasteiger partial charge on any atom is -0.348 e. The molecule has 0 aliphatic heterocycles. The number of aldehydes is 1. The molecule has 0 saturated carbocycles. The number of nitrogens with two attached hydrogens (primary N) is 1. The zero-order valence-electron chi connectivity index (χ0n) is 16.7. The van der Waals surface area contributed by atoms with Crippen LogP contribution in [-0.2, 0) is 32.0 Å². The first-order valence-corrected chi connectivity index (χ1v) is 9.36. The Morgan fingerprint density at radius 1 is 0.933 bits per heavy atom.